The number of thioether (sulfide) groups is 1. The summed E-state index contributed by atoms with van der Waals surface area (Å²) in [7, 11) is 0. The van der Waals surface area contributed by atoms with Gasteiger partial charge in [0.05, 0.1) is 6.04 Å². The number of rotatable bonds is 2. The number of halogens is 3. The Morgan fingerprint density at radius 2 is 2.08 bits per heavy atom. The first-order valence-corrected chi connectivity index (χ1v) is 8.46. The normalized spacial score (nSPS) is 26.2. The predicted octanol–water partition coefficient (Wildman–Crippen LogP) is 3.49. The lowest BCUT2D eigenvalue weighted by atomic mass is 9.85. The molecular weight excluding hydrogens is 343 g/mol. The van der Waals surface area contributed by atoms with E-state index in [1.807, 2.05) is 0 Å². The molecule has 2 aliphatic heterocycles. The van der Waals surface area contributed by atoms with E-state index in [1.54, 1.807) is 18.7 Å². The highest BCUT2D eigenvalue weighted by atomic mass is 32.2. The minimum absolute atomic E-state index is 0.00778. The third-order valence-electron chi connectivity index (χ3n) is 4.36. The van der Waals surface area contributed by atoms with Crippen molar-refractivity contribution < 1.29 is 27.8 Å². The summed E-state index contributed by atoms with van der Waals surface area (Å²) in [4.78, 5) is 13.7. The van der Waals surface area contributed by atoms with Gasteiger partial charge >= 0.3 is 5.51 Å². The van der Waals surface area contributed by atoms with Crippen molar-refractivity contribution >= 4 is 17.7 Å². The van der Waals surface area contributed by atoms with Gasteiger partial charge in [-0.25, -0.2) is 0 Å². The molecule has 1 fully saturated rings. The number of ether oxygens (including phenoxy) is 1. The van der Waals surface area contributed by atoms with Crippen LogP contribution in [0, 0.1) is 0 Å². The number of carbonyl (C=O) groups is 1. The van der Waals surface area contributed by atoms with Crippen molar-refractivity contribution in [1.82, 2.24) is 4.90 Å². The molecule has 0 aromatic heterocycles. The average Bonchev–Trinajstić information content (AvgIpc) is 2.85. The van der Waals surface area contributed by atoms with Crippen LogP contribution in [0.1, 0.15) is 38.3 Å². The Morgan fingerprint density at radius 1 is 1.38 bits per heavy atom. The maximum atomic E-state index is 12.7. The Morgan fingerprint density at radius 3 is 2.67 bits per heavy atom. The fraction of sp³-hybridized carbons (Fsp3) is 0.562. The zero-order valence-electron chi connectivity index (χ0n) is 13.3. The van der Waals surface area contributed by atoms with Crippen molar-refractivity contribution in [2.24, 2.45) is 0 Å². The largest absolute Gasteiger partial charge is 0.485 e. The fourth-order valence-corrected chi connectivity index (χ4v) is 3.83. The van der Waals surface area contributed by atoms with E-state index in [9.17, 15) is 23.1 Å². The van der Waals surface area contributed by atoms with E-state index >= 15 is 0 Å². The van der Waals surface area contributed by atoms with Crippen LogP contribution in [0.25, 0.3) is 0 Å². The van der Waals surface area contributed by atoms with E-state index in [2.05, 4.69) is 0 Å². The highest BCUT2D eigenvalue weighted by Gasteiger charge is 2.47. The molecule has 2 aliphatic rings. The van der Waals surface area contributed by atoms with Gasteiger partial charge < -0.3 is 14.7 Å². The Labute approximate surface area is 142 Å². The lowest BCUT2D eigenvalue weighted by Crippen LogP contribution is -2.53. The summed E-state index contributed by atoms with van der Waals surface area (Å²) in [6.07, 6.45) is 0.0325. The summed E-state index contributed by atoms with van der Waals surface area (Å²) >= 11 is -0.221. The molecule has 8 heteroatoms. The Bertz CT molecular complexity index is 662. The van der Waals surface area contributed by atoms with Crippen LogP contribution in [0.4, 0.5) is 13.2 Å². The van der Waals surface area contributed by atoms with Crippen molar-refractivity contribution in [3.8, 4) is 5.75 Å². The molecule has 1 aromatic rings. The Balaban J connectivity index is 2.05. The van der Waals surface area contributed by atoms with Gasteiger partial charge in [-0.3, -0.25) is 4.79 Å². The molecule has 0 radical (unpaired) electrons. The number of benzene rings is 1. The first-order chi connectivity index (χ1) is 11.1. The highest BCUT2D eigenvalue weighted by Crippen LogP contribution is 2.47. The van der Waals surface area contributed by atoms with Crippen molar-refractivity contribution in [1.29, 1.82) is 0 Å². The number of aliphatic hydroxyl groups is 1. The van der Waals surface area contributed by atoms with Crippen molar-refractivity contribution in [3.63, 3.8) is 0 Å². The molecule has 1 amide bonds. The topological polar surface area (TPSA) is 49.8 Å². The molecule has 132 valence electrons. The highest BCUT2D eigenvalue weighted by molar-refractivity contribution is 8.00. The summed E-state index contributed by atoms with van der Waals surface area (Å²) in [6.45, 7) is 3.88. The maximum absolute atomic E-state index is 12.7. The van der Waals surface area contributed by atoms with Gasteiger partial charge in [0.2, 0.25) is 5.91 Å². The van der Waals surface area contributed by atoms with E-state index in [0.29, 0.717) is 30.7 Å². The molecular formula is C16H18F3NO3S. The number of carbonyl (C=O) groups excluding carboxylic acids is 1. The molecule has 2 heterocycles. The number of likely N-dealkylation sites (tertiary alicyclic amines) is 1. The maximum Gasteiger partial charge on any atom is 0.446 e. The molecule has 1 N–H and O–H groups in total. The van der Waals surface area contributed by atoms with E-state index < -0.39 is 23.3 Å². The average molecular weight is 361 g/mol. The molecule has 2 atom stereocenters. The second-order valence-corrected chi connectivity index (χ2v) is 7.67. The first kappa shape index (κ1) is 17.4. The number of aliphatic hydroxyl groups excluding tert-OH is 1. The van der Waals surface area contributed by atoms with Crippen molar-refractivity contribution in [2.45, 2.75) is 54.8 Å². The van der Waals surface area contributed by atoms with Crippen LogP contribution in [-0.2, 0) is 4.79 Å². The molecule has 1 aromatic carbocycles. The van der Waals surface area contributed by atoms with Crippen LogP contribution in [0.2, 0.25) is 0 Å². The van der Waals surface area contributed by atoms with Gasteiger partial charge in [0, 0.05) is 23.4 Å². The zero-order chi connectivity index (χ0) is 17.7. The number of amides is 1. The summed E-state index contributed by atoms with van der Waals surface area (Å²) < 4.78 is 43.7. The molecule has 2 unspecified atom stereocenters. The molecule has 0 spiro atoms. The van der Waals surface area contributed by atoms with E-state index in [-0.39, 0.29) is 22.6 Å². The van der Waals surface area contributed by atoms with E-state index in [1.165, 1.54) is 18.2 Å². The first-order valence-electron chi connectivity index (χ1n) is 7.65. The van der Waals surface area contributed by atoms with Crippen molar-refractivity contribution in [2.75, 3.05) is 6.54 Å². The number of hydrogen-bond donors (Lipinski definition) is 1. The lowest BCUT2D eigenvalue weighted by molar-refractivity contribution is -0.139. The van der Waals surface area contributed by atoms with Crippen LogP contribution >= 0.6 is 11.8 Å². The second kappa shape index (κ2) is 5.84. The smallest absolute Gasteiger partial charge is 0.446 e. The van der Waals surface area contributed by atoms with Gasteiger partial charge in [0.15, 0.2) is 0 Å². The molecule has 0 bridgehead atoms. The number of nitrogens with zero attached hydrogens (tertiary/aromatic N) is 1. The molecule has 1 saturated heterocycles. The van der Waals surface area contributed by atoms with E-state index in [4.69, 9.17) is 4.74 Å². The zero-order valence-corrected chi connectivity index (χ0v) is 14.1. The van der Waals surface area contributed by atoms with Gasteiger partial charge in [-0.15, -0.1) is 0 Å². The predicted molar refractivity (Wildman–Crippen MR) is 82.8 cm³/mol. The molecule has 3 rings (SSSR count). The SMILES string of the molecule is CC1(C)Oc2ccc(SC(F)(F)F)cc2C(N2CCCC2=O)C1O. The summed E-state index contributed by atoms with van der Waals surface area (Å²) in [5, 5.41) is 10.7. The van der Waals surface area contributed by atoms with Gasteiger partial charge in [0.25, 0.3) is 0 Å². The molecule has 4 nitrogen and oxygen atoms in total. The molecule has 0 aliphatic carbocycles. The third kappa shape index (κ3) is 3.21. The standard InChI is InChI=1S/C16H18F3NO3S/c1-15(2)14(22)13(20-7-3-4-12(20)21)10-8-9(24-16(17,18)19)5-6-11(10)23-15/h5-6,8,13-14,22H,3-4,7H2,1-2H3. The minimum Gasteiger partial charge on any atom is -0.485 e. The number of hydrogen-bond acceptors (Lipinski definition) is 4. The molecule has 0 saturated carbocycles. The van der Waals surface area contributed by atoms with Gasteiger partial charge in [0.1, 0.15) is 17.5 Å². The van der Waals surface area contributed by atoms with Crippen LogP contribution in [0.5, 0.6) is 5.75 Å². The van der Waals surface area contributed by atoms with Gasteiger partial charge in [-0.05, 0) is 50.2 Å². The fourth-order valence-electron chi connectivity index (χ4n) is 3.24. The second-order valence-electron chi connectivity index (χ2n) is 6.53. The Kier molecular flexibility index (Phi) is 4.24. The third-order valence-corrected chi connectivity index (χ3v) is 5.08. The summed E-state index contributed by atoms with van der Waals surface area (Å²) in [5.74, 6) is 0.304. The van der Waals surface area contributed by atoms with E-state index in [0.717, 1.165) is 0 Å². The van der Waals surface area contributed by atoms with Crippen molar-refractivity contribution in [3.05, 3.63) is 23.8 Å². The Hall–Kier alpha value is -1.41. The number of alkyl halides is 3. The number of fused-ring (bicyclic) bond motifs is 1. The van der Waals surface area contributed by atoms with Crippen LogP contribution < -0.4 is 4.74 Å². The van der Waals surface area contributed by atoms with Gasteiger partial charge in [-0.1, -0.05) is 0 Å². The van der Waals surface area contributed by atoms with Crippen LogP contribution in [0.15, 0.2) is 23.1 Å². The minimum atomic E-state index is -4.40. The monoisotopic (exact) mass is 361 g/mol. The quantitative estimate of drug-likeness (QED) is 0.820. The van der Waals surface area contributed by atoms with Crippen LogP contribution in [-0.4, -0.2) is 39.7 Å². The summed E-state index contributed by atoms with van der Waals surface area (Å²) in [6, 6.07) is 3.48. The molecule has 24 heavy (non-hydrogen) atoms. The van der Waals surface area contributed by atoms with Crippen LogP contribution in [0.3, 0.4) is 0 Å². The summed E-state index contributed by atoms with van der Waals surface area (Å²) in [5.41, 5.74) is -4.92. The lowest BCUT2D eigenvalue weighted by Gasteiger charge is -2.45. The van der Waals surface area contributed by atoms with Gasteiger partial charge in [-0.2, -0.15) is 13.2 Å².